The molecule has 3 unspecified atom stereocenters. The highest BCUT2D eigenvalue weighted by Crippen LogP contribution is 2.60. The summed E-state index contributed by atoms with van der Waals surface area (Å²) in [4.78, 5) is 62.4. The molecule has 11 atom stereocenters. The third-order valence-corrected chi connectivity index (χ3v) is 10.8. The van der Waals surface area contributed by atoms with Gasteiger partial charge in [-0.15, -0.1) is 0 Å². The maximum Gasteiger partial charge on any atom is 0.481 e. The van der Waals surface area contributed by atoms with E-state index in [1.54, 1.807) is 0 Å². The standard InChI is InChI=1S/C27H32N8O15P2/c28-23-17-25(32-10-31-23)35(11-33-17)27-22(40)20(38)16(49-27)9-47-52(44,45)50-51(42,43)46-8-15-19(37)21(39)26(48-15)34-6-3-13(14(7-34)24(29)41)18(36)12-1-4-30-5-2-12/h1-7,10-11,13,15-16,19-22,26-27,37-40H,8-9H2,(H2,29,41)(H,42,43)(H,44,45)(H2,28,31,32)/t13?,15-,16-,19-,20-,21-,22-,26-,27-/m0/s1. The first-order valence-corrected chi connectivity index (χ1v) is 18.1. The number of ether oxygens (including phenoxy) is 2. The summed E-state index contributed by atoms with van der Waals surface area (Å²) in [6, 6.07) is 2.90. The van der Waals surface area contributed by atoms with Crippen molar-refractivity contribution in [1.29, 1.82) is 0 Å². The van der Waals surface area contributed by atoms with Crippen LogP contribution in [-0.4, -0.2) is 127 Å². The zero-order chi connectivity index (χ0) is 37.5. The Morgan fingerprint density at radius 3 is 2.10 bits per heavy atom. The van der Waals surface area contributed by atoms with Gasteiger partial charge in [-0.25, -0.2) is 24.1 Å². The number of aliphatic hydroxyl groups is 4. The fourth-order valence-electron chi connectivity index (χ4n) is 5.65. The second-order valence-corrected chi connectivity index (χ2v) is 14.6. The summed E-state index contributed by atoms with van der Waals surface area (Å²) < 4.78 is 51.3. The molecule has 3 aromatic rings. The Kier molecular flexibility index (Phi) is 10.7. The number of hydrogen-bond donors (Lipinski definition) is 8. The van der Waals surface area contributed by atoms with Gasteiger partial charge in [0.15, 0.2) is 29.7 Å². The molecule has 1 amide bonds. The lowest BCUT2D eigenvalue weighted by Gasteiger charge is -2.31. The predicted molar refractivity (Wildman–Crippen MR) is 169 cm³/mol. The molecule has 0 radical (unpaired) electrons. The average molecular weight is 771 g/mol. The number of aromatic nitrogens is 5. The number of phosphoric acid groups is 2. The van der Waals surface area contributed by atoms with Crippen molar-refractivity contribution >= 4 is 44.3 Å². The molecule has 52 heavy (non-hydrogen) atoms. The van der Waals surface area contributed by atoms with Crippen molar-refractivity contribution in [3.8, 4) is 0 Å². The maximum absolute atomic E-state index is 13.0. The summed E-state index contributed by atoms with van der Waals surface area (Å²) in [5.41, 5.74) is 11.7. The number of allylic oxidation sites excluding steroid dienone is 1. The molecule has 3 aliphatic rings. The molecule has 0 saturated carbocycles. The van der Waals surface area contributed by atoms with Crippen molar-refractivity contribution in [3.05, 3.63) is 66.8 Å². The van der Waals surface area contributed by atoms with E-state index in [2.05, 4.69) is 24.2 Å². The Bertz CT molecular complexity index is 1980. The number of carbonyl (C=O) groups excluding carboxylic acids is 2. The number of nitrogens with two attached hydrogens (primary N) is 2. The molecule has 23 nitrogen and oxygen atoms in total. The summed E-state index contributed by atoms with van der Waals surface area (Å²) in [7, 11) is -10.9. The number of hydrogen-bond acceptors (Lipinski definition) is 19. The number of fused-ring (bicyclic) bond motifs is 1. The number of primary amides is 1. The second kappa shape index (κ2) is 14.8. The number of Topliss-reactive ketones (excluding diaryl/α,β-unsaturated/α-hetero) is 1. The van der Waals surface area contributed by atoms with Crippen LogP contribution in [0.5, 0.6) is 0 Å². The van der Waals surface area contributed by atoms with E-state index in [4.69, 9.17) is 30.0 Å². The van der Waals surface area contributed by atoms with Gasteiger partial charge >= 0.3 is 15.6 Å². The van der Waals surface area contributed by atoms with E-state index in [9.17, 15) is 48.9 Å². The number of carbonyl (C=O) groups is 2. The third kappa shape index (κ3) is 7.68. The average Bonchev–Trinajstić information content (AvgIpc) is 3.75. The molecule has 3 aromatic heterocycles. The van der Waals surface area contributed by atoms with Crippen LogP contribution in [0.2, 0.25) is 0 Å². The summed E-state index contributed by atoms with van der Waals surface area (Å²) in [6.45, 7) is -1.90. The van der Waals surface area contributed by atoms with E-state index in [1.165, 1.54) is 47.7 Å². The number of aliphatic hydroxyl groups excluding tert-OH is 4. The number of anilines is 1. The highest BCUT2D eigenvalue weighted by atomic mass is 31.3. The van der Waals surface area contributed by atoms with Gasteiger partial charge in [-0.05, 0) is 12.1 Å². The lowest BCUT2D eigenvalue weighted by atomic mass is 9.89. The maximum atomic E-state index is 13.0. The fourth-order valence-corrected chi connectivity index (χ4v) is 7.74. The quantitative estimate of drug-likeness (QED) is 0.0676. The molecule has 3 aliphatic heterocycles. The summed E-state index contributed by atoms with van der Waals surface area (Å²) >= 11 is 0. The minimum absolute atomic E-state index is 0.0378. The van der Waals surface area contributed by atoms with Gasteiger partial charge in [-0.1, -0.05) is 6.08 Å². The molecular formula is C27H32N8O15P2. The van der Waals surface area contributed by atoms with Crippen molar-refractivity contribution in [2.24, 2.45) is 11.7 Å². The summed E-state index contributed by atoms with van der Waals surface area (Å²) in [6.07, 6.45) is -3.56. The highest BCUT2D eigenvalue weighted by molar-refractivity contribution is 7.61. The van der Waals surface area contributed by atoms with Crippen LogP contribution in [0.4, 0.5) is 5.82 Å². The Morgan fingerprint density at radius 1 is 0.885 bits per heavy atom. The van der Waals surface area contributed by atoms with Gasteiger partial charge in [0.25, 0.3) is 0 Å². The van der Waals surface area contributed by atoms with E-state index in [0.717, 1.165) is 17.4 Å². The van der Waals surface area contributed by atoms with E-state index in [1.807, 2.05) is 0 Å². The van der Waals surface area contributed by atoms with Gasteiger partial charge in [-0.2, -0.15) is 4.31 Å². The number of imidazole rings is 1. The van der Waals surface area contributed by atoms with Gasteiger partial charge in [0.05, 0.1) is 25.5 Å². The number of nitrogen functional groups attached to an aromatic ring is 1. The fraction of sp³-hybridized carbons (Fsp3) is 0.407. The number of phosphoric ester groups is 2. The molecule has 0 spiro atoms. The van der Waals surface area contributed by atoms with Crippen molar-refractivity contribution in [3.63, 3.8) is 0 Å². The monoisotopic (exact) mass is 770 g/mol. The third-order valence-electron chi connectivity index (χ3n) is 8.25. The van der Waals surface area contributed by atoms with Crippen LogP contribution < -0.4 is 11.5 Å². The van der Waals surface area contributed by atoms with Crippen LogP contribution in [0.3, 0.4) is 0 Å². The Morgan fingerprint density at radius 2 is 1.48 bits per heavy atom. The SMILES string of the molecule is NC(=O)C1=CN([C@H]2O[C@@H](COP(=O)(O)OP(=O)(O)OC[C@@H]3O[C@H](n4cnc5c(N)ncnc54)[C@@H](O)[C@H]3O)[C@H](O)[C@@H]2O)C=CC1C(=O)c1ccncc1. The Hall–Kier alpha value is -4.06. The molecule has 10 N–H and O–H groups in total. The number of rotatable bonds is 13. The normalized spacial score (nSPS) is 31.3. The number of nitrogens with zero attached hydrogens (tertiary/aromatic N) is 6. The first-order valence-electron chi connectivity index (χ1n) is 15.1. The van der Waals surface area contributed by atoms with E-state index in [-0.39, 0.29) is 28.1 Å². The topological polar surface area (TPSA) is 348 Å². The van der Waals surface area contributed by atoms with Crippen LogP contribution in [0.15, 0.2) is 61.2 Å². The van der Waals surface area contributed by atoms with E-state index >= 15 is 0 Å². The zero-order valence-electron chi connectivity index (χ0n) is 26.4. The van der Waals surface area contributed by atoms with Crippen molar-refractivity contribution in [1.82, 2.24) is 29.4 Å². The van der Waals surface area contributed by atoms with Crippen LogP contribution in [0, 0.1) is 5.92 Å². The molecule has 6 heterocycles. The molecule has 280 valence electrons. The van der Waals surface area contributed by atoms with E-state index in [0.29, 0.717) is 0 Å². The van der Waals surface area contributed by atoms with Crippen LogP contribution in [0.25, 0.3) is 11.2 Å². The predicted octanol–water partition coefficient (Wildman–Crippen LogP) is -2.18. The zero-order valence-corrected chi connectivity index (χ0v) is 28.2. The van der Waals surface area contributed by atoms with Crippen molar-refractivity contribution in [2.45, 2.75) is 49.1 Å². The molecule has 0 aliphatic carbocycles. The van der Waals surface area contributed by atoms with Crippen LogP contribution >= 0.6 is 15.6 Å². The van der Waals surface area contributed by atoms with Crippen LogP contribution in [0.1, 0.15) is 16.6 Å². The van der Waals surface area contributed by atoms with Gasteiger partial charge in [0.1, 0.15) is 48.5 Å². The minimum Gasteiger partial charge on any atom is -0.387 e. The largest absolute Gasteiger partial charge is 0.481 e. The Labute approximate surface area is 291 Å². The summed E-state index contributed by atoms with van der Waals surface area (Å²) in [5, 5.41) is 42.3. The van der Waals surface area contributed by atoms with Gasteiger partial charge in [0, 0.05) is 35.9 Å². The summed E-state index contributed by atoms with van der Waals surface area (Å²) in [5.74, 6) is -2.48. The minimum atomic E-state index is -5.45. The number of ketones is 1. The first kappa shape index (κ1) is 37.7. The van der Waals surface area contributed by atoms with Gasteiger partial charge in [0.2, 0.25) is 5.91 Å². The van der Waals surface area contributed by atoms with Gasteiger partial charge < -0.3 is 56.1 Å². The van der Waals surface area contributed by atoms with E-state index < -0.39 is 95.5 Å². The molecule has 2 saturated heterocycles. The molecule has 6 rings (SSSR count). The molecular weight excluding hydrogens is 738 g/mol. The van der Waals surface area contributed by atoms with Crippen molar-refractivity contribution in [2.75, 3.05) is 18.9 Å². The lowest BCUT2D eigenvalue weighted by Crippen LogP contribution is -2.41. The molecule has 0 aromatic carbocycles. The highest BCUT2D eigenvalue weighted by Gasteiger charge is 2.49. The number of amides is 1. The smallest absolute Gasteiger partial charge is 0.387 e. The second-order valence-electron chi connectivity index (χ2n) is 11.6. The molecule has 25 heteroatoms. The van der Waals surface area contributed by atoms with Gasteiger partial charge in [-0.3, -0.25) is 28.2 Å². The lowest BCUT2D eigenvalue weighted by molar-refractivity contribution is -0.115. The molecule has 0 bridgehead atoms. The first-order chi connectivity index (χ1) is 24.6. The molecule has 2 fully saturated rings. The van der Waals surface area contributed by atoms with Crippen molar-refractivity contribution < 1.29 is 71.8 Å². The van der Waals surface area contributed by atoms with Crippen LogP contribution in [-0.2, 0) is 36.8 Å². The number of pyridine rings is 1. The Balaban J connectivity index is 1.03.